The largest absolute Gasteiger partial charge is 0.345 e. The van der Waals surface area contributed by atoms with Gasteiger partial charge >= 0.3 is 0 Å². The van der Waals surface area contributed by atoms with Crippen molar-refractivity contribution in [2.45, 2.75) is 77.7 Å². The lowest BCUT2D eigenvalue weighted by Gasteiger charge is -2.33. The van der Waals surface area contributed by atoms with E-state index in [1.54, 1.807) is 0 Å². The Kier molecular flexibility index (Phi) is 6.64. The first-order valence-corrected chi connectivity index (χ1v) is 11.1. The van der Waals surface area contributed by atoms with Crippen LogP contribution < -0.4 is 5.32 Å². The predicted molar refractivity (Wildman–Crippen MR) is 111 cm³/mol. The topological polar surface area (TPSA) is 59.1 Å². The molecule has 1 atom stereocenters. The number of nitrogens with zero attached hydrogens (tertiary/aromatic N) is 1. The average Bonchev–Trinajstić information content (AvgIpc) is 3.11. The van der Waals surface area contributed by atoms with Crippen LogP contribution in [0.5, 0.6) is 0 Å². The summed E-state index contributed by atoms with van der Waals surface area (Å²) in [5.74, 6) is -0.00165. The van der Waals surface area contributed by atoms with Gasteiger partial charge in [-0.1, -0.05) is 64.5 Å². The van der Waals surface area contributed by atoms with Gasteiger partial charge in [-0.15, -0.1) is 11.3 Å². The van der Waals surface area contributed by atoms with Crippen molar-refractivity contribution in [1.29, 1.82) is 0 Å². The minimum Gasteiger partial charge on any atom is -0.345 e. The number of aromatic nitrogens is 1. The molecule has 1 N–H and O–H groups in total. The highest BCUT2D eigenvalue weighted by Gasteiger charge is 2.37. The molecule has 1 aliphatic rings. The Balaban J connectivity index is 1.77. The smallest absolute Gasteiger partial charge is 0.226 e. The Hall–Kier alpha value is -1.75. The molecule has 0 spiro atoms. The van der Waals surface area contributed by atoms with Gasteiger partial charge in [-0.05, 0) is 31.4 Å². The molecule has 5 heteroatoms. The van der Waals surface area contributed by atoms with Gasteiger partial charge < -0.3 is 5.32 Å². The number of benzene rings is 1. The maximum Gasteiger partial charge on any atom is 0.226 e. The number of thiazole rings is 1. The van der Waals surface area contributed by atoms with Crippen LogP contribution >= 0.6 is 11.3 Å². The van der Waals surface area contributed by atoms with E-state index in [2.05, 4.69) is 17.2 Å². The number of Topliss-reactive ketones (excluding diaryl/α,β-unsaturated/α-hetero) is 1. The number of amides is 1. The number of unbranched alkanes of at least 4 members (excludes halogenated alkanes) is 2. The molecule has 1 saturated carbocycles. The summed E-state index contributed by atoms with van der Waals surface area (Å²) < 4.78 is 1.01. The maximum atomic E-state index is 13.2. The number of hydrogen-bond acceptors (Lipinski definition) is 4. The molecule has 0 aliphatic heterocycles. The summed E-state index contributed by atoms with van der Waals surface area (Å²) in [7, 11) is 0. The maximum absolute atomic E-state index is 13.2. The third-order valence-electron chi connectivity index (χ3n) is 5.73. The number of nitrogens with one attached hydrogen (secondary N) is 1. The van der Waals surface area contributed by atoms with Crippen molar-refractivity contribution >= 4 is 33.2 Å². The average molecular weight is 387 g/mol. The molecule has 3 rings (SSSR count). The van der Waals surface area contributed by atoms with Crippen LogP contribution in [0.2, 0.25) is 0 Å². The fourth-order valence-corrected chi connectivity index (χ4v) is 4.85. The Morgan fingerprint density at radius 3 is 2.63 bits per heavy atom. The van der Waals surface area contributed by atoms with Crippen molar-refractivity contribution in [3.63, 3.8) is 0 Å². The van der Waals surface area contributed by atoms with Crippen LogP contribution in [-0.4, -0.2) is 22.7 Å². The molecule has 2 aromatic rings. The minimum atomic E-state index is -0.469. The summed E-state index contributed by atoms with van der Waals surface area (Å²) in [6.07, 6.45) is 9.00. The summed E-state index contributed by atoms with van der Waals surface area (Å²) in [5.41, 5.74) is 0.513. The van der Waals surface area contributed by atoms with E-state index < -0.39 is 6.04 Å². The summed E-state index contributed by atoms with van der Waals surface area (Å²) in [4.78, 5) is 30.7. The molecule has 27 heavy (non-hydrogen) atoms. The van der Waals surface area contributed by atoms with E-state index in [0.29, 0.717) is 11.4 Å². The van der Waals surface area contributed by atoms with E-state index in [9.17, 15) is 9.59 Å². The van der Waals surface area contributed by atoms with Crippen molar-refractivity contribution in [3.8, 4) is 0 Å². The van der Waals surface area contributed by atoms with E-state index in [1.165, 1.54) is 17.8 Å². The standard InChI is InChI=1S/C22H30N2O2S/c1-3-4-6-12-17(24-21(26)22(2)14-9-5-10-15-22)19(25)20-23-16-11-7-8-13-18(16)27-20/h7-8,11,13,17H,3-6,9-10,12,14-15H2,1-2H3,(H,24,26). The first-order chi connectivity index (χ1) is 13.0. The molecule has 0 radical (unpaired) electrons. The molecule has 0 saturated heterocycles. The van der Waals surface area contributed by atoms with E-state index in [4.69, 9.17) is 0 Å². The monoisotopic (exact) mass is 386 g/mol. The van der Waals surface area contributed by atoms with Crippen LogP contribution in [0.15, 0.2) is 24.3 Å². The second kappa shape index (κ2) is 8.96. The SMILES string of the molecule is CCCCCC(NC(=O)C1(C)CCCCC1)C(=O)c1nc2ccccc2s1. The van der Waals surface area contributed by atoms with Gasteiger partial charge in [0.1, 0.15) is 0 Å². The van der Waals surface area contributed by atoms with Gasteiger partial charge in [-0.2, -0.15) is 0 Å². The lowest BCUT2D eigenvalue weighted by molar-refractivity contribution is -0.132. The summed E-state index contributed by atoms with van der Waals surface area (Å²) in [6.45, 7) is 4.19. The van der Waals surface area contributed by atoms with Gasteiger partial charge in [0.25, 0.3) is 0 Å². The number of ketones is 1. The van der Waals surface area contributed by atoms with Gasteiger partial charge in [0, 0.05) is 5.41 Å². The van der Waals surface area contributed by atoms with Crippen molar-refractivity contribution in [2.75, 3.05) is 0 Å². The first kappa shape index (κ1) is 20.0. The van der Waals surface area contributed by atoms with Crippen molar-refractivity contribution in [1.82, 2.24) is 10.3 Å². The molecule has 1 fully saturated rings. The minimum absolute atomic E-state index is 0.0400. The molecule has 4 nitrogen and oxygen atoms in total. The quantitative estimate of drug-likeness (QED) is 0.480. The highest BCUT2D eigenvalue weighted by atomic mass is 32.1. The number of rotatable bonds is 8. The predicted octanol–water partition coefficient (Wildman–Crippen LogP) is 5.51. The summed E-state index contributed by atoms with van der Waals surface area (Å²) in [6, 6.07) is 7.33. The Morgan fingerprint density at radius 2 is 1.93 bits per heavy atom. The zero-order valence-electron chi connectivity index (χ0n) is 16.4. The molecular formula is C22H30N2O2S. The van der Waals surface area contributed by atoms with Gasteiger partial charge in [-0.25, -0.2) is 4.98 Å². The molecule has 1 amide bonds. The lowest BCUT2D eigenvalue weighted by atomic mass is 9.75. The van der Waals surface area contributed by atoms with Crippen LogP contribution in [0.4, 0.5) is 0 Å². The molecule has 1 aliphatic carbocycles. The molecule has 1 aromatic heterocycles. The Labute approximate surface area is 165 Å². The van der Waals surface area contributed by atoms with Gasteiger partial charge in [-0.3, -0.25) is 9.59 Å². The first-order valence-electron chi connectivity index (χ1n) is 10.2. The number of fused-ring (bicyclic) bond motifs is 1. The molecule has 1 unspecified atom stereocenters. The number of carbonyl (C=O) groups is 2. The molecule has 146 valence electrons. The second-order valence-electron chi connectivity index (χ2n) is 7.99. The number of para-hydroxylation sites is 1. The third-order valence-corrected chi connectivity index (χ3v) is 6.78. The molecule has 1 heterocycles. The molecule has 0 bridgehead atoms. The molecule has 1 aromatic carbocycles. The Morgan fingerprint density at radius 1 is 1.19 bits per heavy atom. The van der Waals surface area contributed by atoms with Crippen molar-refractivity contribution in [3.05, 3.63) is 29.3 Å². The molecular weight excluding hydrogens is 356 g/mol. The fourth-order valence-electron chi connectivity index (χ4n) is 3.89. The summed E-state index contributed by atoms with van der Waals surface area (Å²) in [5, 5.41) is 3.61. The van der Waals surface area contributed by atoms with Gasteiger partial charge in [0.15, 0.2) is 5.01 Å². The van der Waals surface area contributed by atoms with Gasteiger partial charge in [0.05, 0.1) is 16.3 Å². The zero-order chi connectivity index (χ0) is 19.3. The van der Waals surface area contributed by atoms with Crippen LogP contribution in [0.1, 0.15) is 81.4 Å². The van der Waals surface area contributed by atoms with E-state index >= 15 is 0 Å². The highest BCUT2D eigenvalue weighted by molar-refractivity contribution is 7.20. The number of hydrogen-bond donors (Lipinski definition) is 1. The van der Waals surface area contributed by atoms with Crippen LogP contribution in [0.3, 0.4) is 0 Å². The van der Waals surface area contributed by atoms with Crippen molar-refractivity contribution < 1.29 is 9.59 Å². The lowest BCUT2D eigenvalue weighted by Crippen LogP contribution is -2.48. The van der Waals surface area contributed by atoms with E-state index in [1.807, 2.05) is 31.2 Å². The van der Waals surface area contributed by atoms with Crippen molar-refractivity contribution in [2.24, 2.45) is 5.41 Å². The normalized spacial score (nSPS) is 17.6. The number of carbonyl (C=O) groups excluding carboxylic acids is 2. The summed E-state index contributed by atoms with van der Waals surface area (Å²) >= 11 is 1.42. The fraction of sp³-hybridized carbons (Fsp3) is 0.591. The van der Waals surface area contributed by atoms with E-state index in [0.717, 1.165) is 55.2 Å². The third kappa shape index (κ3) is 4.75. The Bertz CT molecular complexity index is 759. The van der Waals surface area contributed by atoms with Gasteiger partial charge in [0.2, 0.25) is 11.7 Å². The van der Waals surface area contributed by atoms with E-state index in [-0.39, 0.29) is 17.1 Å². The van der Waals surface area contributed by atoms with Crippen LogP contribution in [-0.2, 0) is 4.79 Å². The van der Waals surface area contributed by atoms with Crippen LogP contribution in [0, 0.1) is 5.41 Å². The zero-order valence-corrected chi connectivity index (χ0v) is 17.2. The highest BCUT2D eigenvalue weighted by Crippen LogP contribution is 2.36. The van der Waals surface area contributed by atoms with Crippen LogP contribution in [0.25, 0.3) is 10.2 Å². The second-order valence-corrected chi connectivity index (χ2v) is 9.02.